The molecule has 0 amide bonds. The van der Waals surface area contributed by atoms with Crippen molar-refractivity contribution in [1.82, 2.24) is 31.9 Å². The number of aromatic nitrogens is 3. The van der Waals surface area contributed by atoms with Gasteiger partial charge >= 0.3 is 0 Å². The van der Waals surface area contributed by atoms with Gasteiger partial charge in [-0.1, -0.05) is 59.6 Å². The Morgan fingerprint density at radius 3 is 1.78 bits per heavy atom. The predicted molar refractivity (Wildman–Crippen MR) is 206 cm³/mol. The van der Waals surface area contributed by atoms with Gasteiger partial charge in [-0.15, -0.1) is 0 Å². The van der Waals surface area contributed by atoms with Crippen LogP contribution in [0.1, 0.15) is 39.1 Å². The van der Waals surface area contributed by atoms with Crippen LogP contribution in [-0.4, -0.2) is 52.7 Å². The molecule has 0 spiro atoms. The lowest BCUT2D eigenvalue weighted by Crippen LogP contribution is -2.17. The Balaban J connectivity index is 0.00000650. The third-order valence-corrected chi connectivity index (χ3v) is 8.94. The number of benzene rings is 2. The second kappa shape index (κ2) is 19.8. The molecule has 5 aromatic rings. The van der Waals surface area contributed by atoms with Crippen LogP contribution < -0.4 is 41.3 Å². The average Bonchev–Trinajstić information content (AvgIpc) is 3.56. The van der Waals surface area contributed by atoms with E-state index in [4.69, 9.17) is 51.8 Å². The van der Waals surface area contributed by atoms with E-state index in [2.05, 4.69) is 37.9 Å². The predicted octanol–water partition coefficient (Wildman–Crippen LogP) is 6.50. The highest BCUT2D eigenvalue weighted by Crippen LogP contribution is 2.34. The number of aliphatic hydroxyl groups is 2. The van der Waals surface area contributed by atoms with Gasteiger partial charge in [-0.3, -0.25) is 4.79 Å². The number of hydrogen-bond acceptors (Lipinski definition) is 13. The number of aromatic amines is 1. The van der Waals surface area contributed by atoms with E-state index in [1.54, 1.807) is 12.1 Å². The van der Waals surface area contributed by atoms with Gasteiger partial charge in [0.25, 0.3) is 5.56 Å². The minimum atomic E-state index is -0.303. The lowest BCUT2D eigenvalue weighted by molar-refractivity contribution is 0.285. The number of nitrogens with zero attached hydrogens (tertiary/aromatic N) is 2. The first-order chi connectivity index (χ1) is 25.6. The molecule has 0 fully saturated rings. The third-order valence-electron chi connectivity index (χ3n) is 8.40. The van der Waals surface area contributed by atoms with Crippen molar-refractivity contribution < 1.29 is 33.7 Å². The summed E-state index contributed by atoms with van der Waals surface area (Å²) in [6.07, 6.45) is 1.31. The van der Waals surface area contributed by atoms with E-state index in [9.17, 15) is 9.90 Å². The van der Waals surface area contributed by atoms with Crippen molar-refractivity contribution in [1.29, 1.82) is 0 Å². The molecule has 288 valence electrons. The molecule has 2 aromatic carbocycles. The fourth-order valence-electron chi connectivity index (χ4n) is 5.58. The Bertz CT molecular complexity index is 2120. The molecule has 5 rings (SSSR count). The van der Waals surface area contributed by atoms with Gasteiger partial charge in [0.1, 0.15) is 29.0 Å². The van der Waals surface area contributed by atoms with Crippen molar-refractivity contribution in [3.63, 3.8) is 0 Å². The molecule has 8 N–H and O–H groups in total. The highest BCUT2D eigenvalue weighted by Gasteiger charge is 2.17. The summed E-state index contributed by atoms with van der Waals surface area (Å²) in [5.74, 6) is 1.67. The molecule has 0 saturated carbocycles. The van der Waals surface area contributed by atoms with Gasteiger partial charge in [0, 0.05) is 30.3 Å². The maximum Gasteiger partial charge on any atom is 0.280 e. The molecule has 0 atom stereocenters. The van der Waals surface area contributed by atoms with Crippen LogP contribution in [0.2, 0.25) is 10.0 Å². The van der Waals surface area contributed by atoms with Crippen molar-refractivity contribution in [2.75, 3.05) is 27.4 Å². The van der Waals surface area contributed by atoms with Crippen LogP contribution in [0.5, 0.6) is 23.5 Å². The van der Waals surface area contributed by atoms with Crippen LogP contribution in [0.25, 0.3) is 11.1 Å². The van der Waals surface area contributed by atoms with Crippen LogP contribution in [0, 0.1) is 13.8 Å². The Hall–Kier alpha value is -5.09. The maximum absolute atomic E-state index is 11.3. The number of hydrogen-bond donors (Lipinski definition) is 6. The molecule has 3 heterocycles. The minimum absolute atomic E-state index is 0. The summed E-state index contributed by atoms with van der Waals surface area (Å²) in [6, 6.07) is 16.9. The van der Waals surface area contributed by atoms with Crippen LogP contribution in [0.3, 0.4) is 0 Å². The number of pyridine rings is 2. The van der Waals surface area contributed by atoms with E-state index in [0.29, 0.717) is 58.3 Å². The Morgan fingerprint density at radius 2 is 1.31 bits per heavy atom. The van der Waals surface area contributed by atoms with Gasteiger partial charge in [0.2, 0.25) is 23.5 Å². The van der Waals surface area contributed by atoms with Gasteiger partial charge in [0.15, 0.2) is 5.76 Å². The normalized spacial score (nSPS) is 11.3. The molecule has 0 aliphatic heterocycles. The molecule has 0 bridgehead atoms. The molecule has 0 unspecified atom stereocenters. The first kappa shape index (κ1) is 41.7. The summed E-state index contributed by atoms with van der Waals surface area (Å²) in [6.45, 7) is 5.47. The summed E-state index contributed by atoms with van der Waals surface area (Å²) >= 11 is 13.1. The molecule has 14 nitrogen and oxygen atoms in total. The van der Waals surface area contributed by atoms with Gasteiger partial charge in [-0.25, -0.2) is 0 Å². The minimum Gasteiger partial charge on any atom is -0.511 e. The standard InChI is InChI=1S/C38H41Cl2N5O8.H3N/c1-22-24(20-51-37-32(39)13-26(35(43-37)49-3)16-41-18-28(47)11-12-46)7-5-9-30(22)31-10-6-8-25(23(31)2)21-52-38-33(40)14-27(36(44-38)50-4)17-42-19-29-15-34(48)45-53-29;/h5-11,13-15,41-42,46-47H,12,16-21H2,1-4H3,(H,45,48);1H3/b28-11-;. The van der Waals surface area contributed by atoms with E-state index >= 15 is 0 Å². The number of aliphatic hydroxyl groups excluding tert-OH is 2. The summed E-state index contributed by atoms with van der Waals surface area (Å²) < 4.78 is 28.3. The Labute approximate surface area is 322 Å². The van der Waals surface area contributed by atoms with Crippen molar-refractivity contribution in [2.45, 2.75) is 46.7 Å². The van der Waals surface area contributed by atoms with Gasteiger partial charge in [-0.2, -0.15) is 15.1 Å². The maximum atomic E-state index is 11.3. The quantitative estimate of drug-likeness (QED) is 0.0526. The first-order valence-electron chi connectivity index (χ1n) is 16.6. The van der Waals surface area contributed by atoms with Crippen LogP contribution in [0.4, 0.5) is 0 Å². The molecule has 0 radical (unpaired) electrons. The zero-order valence-electron chi connectivity index (χ0n) is 30.4. The van der Waals surface area contributed by atoms with Gasteiger partial charge < -0.3 is 50.5 Å². The van der Waals surface area contributed by atoms with E-state index in [-0.39, 0.29) is 55.6 Å². The molecule has 3 aromatic heterocycles. The van der Waals surface area contributed by atoms with Crippen molar-refractivity contribution >= 4 is 23.2 Å². The number of ether oxygens (including phenoxy) is 4. The monoisotopic (exact) mass is 782 g/mol. The average molecular weight is 784 g/mol. The molecular weight excluding hydrogens is 739 g/mol. The van der Waals surface area contributed by atoms with E-state index < -0.39 is 0 Å². The van der Waals surface area contributed by atoms with Gasteiger partial charge in [0.05, 0.1) is 33.9 Å². The number of H-pyrrole nitrogens is 1. The Kier molecular flexibility index (Phi) is 15.3. The summed E-state index contributed by atoms with van der Waals surface area (Å²) in [5.41, 5.74) is 7.15. The van der Waals surface area contributed by atoms with Crippen LogP contribution >= 0.6 is 23.2 Å². The lowest BCUT2D eigenvalue weighted by Gasteiger charge is -2.17. The third kappa shape index (κ3) is 10.5. The fourth-order valence-corrected chi connectivity index (χ4v) is 6.04. The smallest absolute Gasteiger partial charge is 0.280 e. The molecule has 16 heteroatoms. The molecular formula is C38H44Cl2N6O8. The largest absolute Gasteiger partial charge is 0.511 e. The van der Waals surface area contributed by atoms with E-state index in [1.807, 2.05) is 38.1 Å². The fraction of sp³-hybridized carbons (Fsp3) is 0.289. The number of rotatable bonds is 18. The Morgan fingerprint density at radius 1 is 0.796 bits per heavy atom. The van der Waals surface area contributed by atoms with Crippen molar-refractivity contribution in [3.05, 3.63) is 126 Å². The number of nitrogens with one attached hydrogen (secondary N) is 3. The zero-order chi connectivity index (χ0) is 37.9. The SMILES string of the molecule is COc1nc(OCc2cccc(-c3cccc(COc4nc(OC)c(CNCc5cc(=O)[nH]o5)cc4Cl)c3C)c2C)c(Cl)cc1CNC/C(O)=C/CO.N. The second-order valence-electron chi connectivity index (χ2n) is 11.9. The van der Waals surface area contributed by atoms with Crippen molar-refractivity contribution in [3.8, 4) is 34.6 Å². The zero-order valence-corrected chi connectivity index (χ0v) is 31.9. The molecule has 54 heavy (non-hydrogen) atoms. The van der Waals surface area contributed by atoms with Gasteiger partial charge in [-0.05, 0) is 65.4 Å². The highest BCUT2D eigenvalue weighted by atomic mass is 35.5. The highest BCUT2D eigenvalue weighted by molar-refractivity contribution is 6.32. The van der Waals surface area contributed by atoms with Crippen LogP contribution in [-0.2, 0) is 32.8 Å². The number of halogens is 2. The summed E-state index contributed by atoms with van der Waals surface area (Å²) in [4.78, 5) is 20.3. The summed E-state index contributed by atoms with van der Waals surface area (Å²) in [7, 11) is 3.03. The first-order valence-corrected chi connectivity index (χ1v) is 17.3. The van der Waals surface area contributed by atoms with E-state index in [0.717, 1.165) is 33.4 Å². The molecule has 0 saturated heterocycles. The molecule has 0 aliphatic rings. The molecule has 0 aliphatic carbocycles. The number of methoxy groups -OCH3 is 2. The van der Waals surface area contributed by atoms with E-state index in [1.165, 1.54) is 26.4 Å². The second-order valence-corrected chi connectivity index (χ2v) is 12.7. The topological polar surface area (TPSA) is 208 Å². The van der Waals surface area contributed by atoms with Crippen LogP contribution in [0.15, 0.2) is 75.8 Å². The van der Waals surface area contributed by atoms with Crippen molar-refractivity contribution in [2.24, 2.45) is 0 Å². The summed E-state index contributed by atoms with van der Waals surface area (Å²) in [5, 5.41) is 27.8. The lowest BCUT2D eigenvalue weighted by atomic mass is 9.92.